The molecule has 0 unspecified atom stereocenters. The zero-order valence-corrected chi connectivity index (χ0v) is 11.8. The SMILES string of the molecule is Cc1ccoc1C(=O)NNC(=O)c1ccc2ccccc2n1. The minimum absolute atomic E-state index is 0.159. The number of carbonyl (C=O) groups excluding carboxylic acids is 2. The second-order valence-corrected chi connectivity index (χ2v) is 4.73. The third-order valence-corrected chi connectivity index (χ3v) is 3.19. The number of fused-ring (bicyclic) bond motifs is 1. The van der Waals surface area contributed by atoms with Gasteiger partial charge in [-0.3, -0.25) is 20.4 Å². The Morgan fingerprint density at radius 2 is 1.77 bits per heavy atom. The molecule has 2 heterocycles. The number of nitrogens with zero attached hydrogens (tertiary/aromatic N) is 1. The number of hydrazine groups is 1. The normalized spacial score (nSPS) is 10.4. The van der Waals surface area contributed by atoms with Gasteiger partial charge in [0.2, 0.25) is 0 Å². The number of amides is 2. The average Bonchev–Trinajstić information content (AvgIpc) is 2.98. The number of rotatable bonds is 2. The lowest BCUT2D eigenvalue weighted by Gasteiger charge is -2.06. The summed E-state index contributed by atoms with van der Waals surface area (Å²) in [5.41, 5.74) is 6.24. The van der Waals surface area contributed by atoms with E-state index in [2.05, 4.69) is 15.8 Å². The molecule has 2 amide bonds. The molecule has 3 rings (SSSR count). The van der Waals surface area contributed by atoms with Crippen LogP contribution in [-0.4, -0.2) is 16.8 Å². The molecule has 0 fully saturated rings. The first-order chi connectivity index (χ1) is 10.6. The molecule has 6 heteroatoms. The van der Waals surface area contributed by atoms with Gasteiger partial charge in [-0.1, -0.05) is 24.3 Å². The van der Waals surface area contributed by atoms with E-state index in [1.165, 1.54) is 6.26 Å². The predicted molar refractivity (Wildman–Crippen MR) is 80.1 cm³/mol. The molecule has 1 aromatic carbocycles. The van der Waals surface area contributed by atoms with Gasteiger partial charge < -0.3 is 4.42 Å². The molecule has 2 N–H and O–H groups in total. The molecule has 2 aromatic heterocycles. The number of benzene rings is 1. The van der Waals surface area contributed by atoms with Crippen molar-refractivity contribution in [1.29, 1.82) is 0 Å². The van der Waals surface area contributed by atoms with Crippen molar-refractivity contribution < 1.29 is 14.0 Å². The van der Waals surface area contributed by atoms with Gasteiger partial charge in [0.05, 0.1) is 11.8 Å². The first-order valence-electron chi connectivity index (χ1n) is 6.66. The van der Waals surface area contributed by atoms with Gasteiger partial charge in [0.1, 0.15) is 5.69 Å². The van der Waals surface area contributed by atoms with E-state index in [1.54, 1.807) is 25.1 Å². The zero-order chi connectivity index (χ0) is 15.5. The molecule has 3 aromatic rings. The van der Waals surface area contributed by atoms with Crippen LogP contribution in [-0.2, 0) is 0 Å². The van der Waals surface area contributed by atoms with E-state index in [-0.39, 0.29) is 11.5 Å². The molecule has 0 spiro atoms. The van der Waals surface area contributed by atoms with Crippen LogP contribution in [0.5, 0.6) is 0 Å². The summed E-state index contributed by atoms with van der Waals surface area (Å²) in [5.74, 6) is -0.855. The van der Waals surface area contributed by atoms with Crippen LogP contribution >= 0.6 is 0 Å². The maximum Gasteiger partial charge on any atom is 0.305 e. The van der Waals surface area contributed by atoms with E-state index in [0.717, 1.165) is 5.39 Å². The van der Waals surface area contributed by atoms with Crippen LogP contribution < -0.4 is 10.9 Å². The van der Waals surface area contributed by atoms with Gasteiger partial charge in [-0.05, 0) is 25.1 Å². The third-order valence-electron chi connectivity index (χ3n) is 3.19. The van der Waals surface area contributed by atoms with Crippen molar-refractivity contribution in [2.75, 3.05) is 0 Å². The second kappa shape index (κ2) is 5.69. The van der Waals surface area contributed by atoms with Gasteiger partial charge in [0.15, 0.2) is 5.76 Å². The lowest BCUT2D eigenvalue weighted by Crippen LogP contribution is -2.42. The van der Waals surface area contributed by atoms with Crippen molar-refractivity contribution in [3.05, 3.63) is 65.7 Å². The Balaban J connectivity index is 1.71. The summed E-state index contributed by atoms with van der Waals surface area (Å²) in [6.45, 7) is 1.74. The summed E-state index contributed by atoms with van der Waals surface area (Å²) in [5, 5.41) is 0.939. The highest BCUT2D eigenvalue weighted by molar-refractivity contribution is 5.98. The number of nitrogens with one attached hydrogen (secondary N) is 2. The Morgan fingerprint density at radius 1 is 1.00 bits per heavy atom. The standard InChI is InChI=1S/C16H13N3O3/c1-10-8-9-22-14(10)16(21)19-18-15(20)13-7-6-11-4-2-3-5-12(11)17-13/h2-9H,1H3,(H,18,20)(H,19,21). The van der Waals surface area contributed by atoms with Gasteiger partial charge >= 0.3 is 5.91 Å². The molecule has 110 valence electrons. The molecule has 22 heavy (non-hydrogen) atoms. The minimum Gasteiger partial charge on any atom is -0.459 e. The number of para-hydroxylation sites is 1. The fraction of sp³-hybridized carbons (Fsp3) is 0.0625. The predicted octanol–water partition coefficient (Wildman–Crippen LogP) is 2.21. The van der Waals surface area contributed by atoms with Crippen LogP contribution in [0, 0.1) is 6.92 Å². The van der Waals surface area contributed by atoms with Crippen molar-refractivity contribution in [3.8, 4) is 0 Å². The maximum atomic E-state index is 12.0. The Kier molecular flexibility index (Phi) is 3.57. The Morgan fingerprint density at radius 3 is 2.55 bits per heavy atom. The van der Waals surface area contributed by atoms with E-state index >= 15 is 0 Å². The summed E-state index contributed by atoms with van der Waals surface area (Å²) in [7, 11) is 0. The third kappa shape index (κ3) is 2.67. The highest BCUT2D eigenvalue weighted by Crippen LogP contribution is 2.11. The highest BCUT2D eigenvalue weighted by Gasteiger charge is 2.14. The molecular formula is C16H13N3O3. The Hall–Kier alpha value is -3.15. The van der Waals surface area contributed by atoms with Crippen molar-refractivity contribution >= 4 is 22.7 Å². The van der Waals surface area contributed by atoms with E-state index in [1.807, 2.05) is 24.3 Å². The van der Waals surface area contributed by atoms with E-state index in [9.17, 15) is 9.59 Å². The van der Waals surface area contributed by atoms with Crippen molar-refractivity contribution in [3.63, 3.8) is 0 Å². The number of carbonyl (C=O) groups is 2. The van der Waals surface area contributed by atoms with Crippen molar-refractivity contribution in [2.45, 2.75) is 6.92 Å². The summed E-state index contributed by atoms with van der Waals surface area (Å²) in [6, 6.07) is 12.5. The van der Waals surface area contributed by atoms with Gasteiger partial charge in [0, 0.05) is 10.9 Å². The lowest BCUT2D eigenvalue weighted by atomic mass is 10.2. The molecular weight excluding hydrogens is 282 g/mol. The van der Waals surface area contributed by atoms with E-state index in [0.29, 0.717) is 11.1 Å². The molecule has 0 aliphatic rings. The smallest absolute Gasteiger partial charge is 0.305 e. The number of hydrogen-bond donors (Lipinski definition) is 2. The van der Waals surface area contributed by atoms with Crippen LogP contribution in [0.4, 0.5) is 0 Å². The first kappa shape index (κ1) is 13.8. The fourth-order valence-corrected chi connectivity index (χ4v) is 2.03. The molecule has 0 saturated heterocycles. The second-order valence-electron chi connectivity index (χ2n) is 4.73. The molecule has 6 nitrogen and oxygen atoms in total. The minimum atomic E-state index is -0.517. The monoisotopic (exact) mass is 295 g/mol. The van der Waals surface area contributed by atoms with Crippen molar-refractivity contribution in [1.82, 2.24) is 15.8 Å². The van der Waals surface area contributed by atoms with Gasteiger partial charge in [0.25, 0.3) is 5.91 Å². The van der Waals surface area contributed by atoms with E-state index < -0.39 is 11.8 Å². The van der Waals surface area contributed by atoms with Crippen molar-refractivity contribution in [2.24, 2.45) is 0 Å². The van der Waals surface area contributed by atoms with Crippen LogP contribution in [0.25, 0.3) is 10.9 Å². The lowest BCUT2D eigenvalue weighted by molar-refractivity contribution is 0.0828. The van der Waals surface area contributed by atoms with Crippen LogP contribution in [0.2, 0.25) is 0 Å². The topological polar surface area (TPSA) is 84.2 Å². The molecule has 0 aliphatic heterocycles. The largest absolute Gasteiger partial charge is 0.459 e. The zero-order valence-electron chi connectivity index (χ0n) is 11.8. The average molecular weight is 295 g/mol. The van der Waals surface area contributed by atoms with Crippen LogP contribution in [0.15, 0.2) is 53.1 Å². The molecule has 0 radical (unpaired) electrons. The molecule has 0 atom stereocenters. The van der Waals surface area contributed by atoms with Gasteiger partial charge in [-0.2, -0.15) is 0 Å². The quantitative estimate of drug-likeness (QED) is 0.710. The van der Waals surface area contributed by atoms with Crippen LogP contribution in [0.1, 0.15) is 26.6 Å². The Labute approximate surface area is 126 Å². The number of pyridine rings is 1. The summed E-state index contributed by atoms with van der Waals surface area (Å²) < 4.78 is 5.04. The number of hydrogen-bond acceptors (Lipinski definition) is 4. The molecule has 0 aliphatic carbocycles. The number of furan rings is 1. The summed E-state index contributed by atoms with van der Waals surface area (Å²) >= 11 is 0. The highest BCUT2D eigenvalue weighted by atomic mass is 16.3. The van der Waals surface area contributed by atoms with Gasteiger partial charge in [-0.15, -0.1) is 0 Å². The maximum absolute atomic E-state index is 12.0. The van der Waals surface area contributed by atoms with Crippen LogP contribution in [0.3, 0.4) is 0 Å². The first-order valence-corrected chi connectivity index (χ1v) is 6.66. The Bertz CT molecular complexity index is 854. The summed E-state index contributed by atoms with van der Waals surface area (Å²) in [6.07, 6.45) is 1.41. The number of aryl methyl sites for hydroxylation is 1. The summed E-state index contributed by atoms with van der Waals surface area (Å²) in [4.78, 5) is 28.1. The number of aromatic nitrogens is 1. The fourth-order valence-electron chi connectivity index (χ4n) is 2.03. The molecule has 0 bridgehead atoms. The molecule has 0 saturated carbocycles. The van der Waals surface area contributed by atoms with Gasteiger partial charge in [-0.25, -0.2) is 4.98 Å². The van der Waals surface area contributed by atoms with E-state index in [4.69, 9.17) is 4.42 Å².